The fourth-order valence-electron chi connectivity index (χ4n) is 2.87. The Balaban J connectivity index is 1.64. The Labute approximate surface area is 146 Å². The van der Waals surface area contributed by atoms with Crippen LogP contribution in [0.15, 0.2) is 30.6 Å². The van der Waals surface area contributed by atoms with E-state index in [1.807, 2.05) is 24.7 Å². The van der Waals surface area contributed by atoms with Crippen molar-refractivity contribution in [3.05, 3.63) is 47.5 Å². The van der Waals surface area contributed by atoms with Gasteiger partial charge in [-0.25, -0.2) is 9.18 Å². The van der Waals surface area contributed by atoms with Crippen molar-refractivity contribution >= 4 is 11.7 Å². The molecule has 1 atom stereocenters. The van der Waals surface area contributed by atoms with E-state index < -0.39 is 0 Å². The van der Waals surface area contributed by atoms with E-state index in [2.05, 4.69) is 10.4 Å². The van der Waals surface area contributed by atoms with Gasteiger partial charge < -0.3 is 15.0 Å². The molecular weight excluding hydrogens is 323 g/mol. The van der Waals surface area contributed by atoms with E-state index in [1.165, 1.54) is 6.07 Å². The van der Waals surface area contributed by atoms with Gasteiger partial charge in [-0.1, -0.05) is 13.0 Å². The van der Waals surface area contributed by atoms with Crippen molar-refractivity contribution in [1.29, 1.82) is 0 Å². The highest BCUT2D eigenvalue weighted by atomic mass is 19.1. The van der Waals surface area contributed by atoms with E-state index in [-0.39, 0.29) is 18.0 Å². The third kappa shape index (κ3) is 3.99. The van der Waals surface area contributed by atoms with Crippen LogP contribution in [0.4, 0.5) is 14.9 Å². The monoisotopic (exact) mass is 346 g/mol. The molecule has 1 N–H and O–H groups in total. The number of ether oxygens (including phenoxy) is 1. The summed E-state index contributed by atoms with van der Waals surface area (Å²) in [7, 11) is 0. The van der Waals surface area contributed by atoms with Crippen LogP contribution in [-0.2, 0) is 17.7 Å². The first-order valence-electron chi connectivity index (χ1n) is 8.59. The summed E-state index contributed by atoms with van der Waals surface area (Å²) in [6, 6.07) is 4.54. The highest BCUT2D eigenvalue weighted by Gasteiger charge is 2.26. The molecule has 1 aliphatic rings. The number of rotatable bonds is 4. The van der Waals surface area contributed by atoms with Crippen molar-refractivity contribution < 1.29 is 13.9 Å². The number of nitrogens with zero attached hydrogens (tertiary/aromatic N) is 3. The molecule has 0 radical (unpaired) electrons. The molecular formula is C18H23FN4O2. The van der Waals surface area contributed by atoms with E-state index in [4.69, 9.17) is 4.74 Å². The van der Waals surface area contributed by atoms with E-state index in [0.717, 1.165) is 12.1 Å². The highest BCUT2D eigenvalue weighted by molar-refractivity contribution is 5.89. The molecule has 1 aromatic carbocycles. The van der Waals surface area contributed by atoms with Gasteiger partial charge in [0.15, 0.2) is 0 Å². The van der Waals surface area contributed by atoms with Crippen molar-refractivity contribution in [3.63, 3.8) is 0 Å². The molecule has 1 aliphatic heterocycles. The summed E-state index contributed by atoms with van der Waals surface area (Å²) in [6.45, 7) is 6.09. The number of nitrogens with one attached hydrogen (secondary N) is 1. The Morgan fingerprint density at radius 3 is 2.96 bits per heavy atom. The summed E-state index contributed by atoms with van der Waals surface area (Å²) in [6.07, 6.45) is 4.13. The van der Waals surface area contributed by atoms with E-state index >= 15 is 0 Å². The molecule has 2 heterocycles. The van der Waals surface area contributed by atoms with Gasteiger partial charge in [0.25, 0.3) is 0 Å². The largest absolute Gasteiger partial charge is 0.370 e. The van der Waals surface area contributed by atoms with Gasteiger partial charge >= 0.3 is 6.03 Å². The minimum absolute atomic E-state index is 0.195. The molecule has 134 valence electrons. The first-order chi connectivity index (χ1) is 12.1. The van der Waals surface area contributed by atoms with Crippen LogP contribution in [0.2, 0.25) is 0 Å². The normalized spacial score (nSPS) is 17.6. The number of aromatic nitrogens is 2. The molecule has 0 spiro atoms. The number of hydrogen-bond donors (Lipinski definition) is 1. The van der Waals surface area contributed by atoms with Crippen LogP contribution in [0.3, 0.4) is 0 Å². The standard InChI is InChI=1S/C18H23FN4O2/c1-3-13-5-6-15(9-16(13)19)21-18(24)22-7-8-25-17(12-22)14-10-20-23(4-2)11-14/h5-6,9-11,17H,3-4,7-8,12H2,1-2H3,(H,21,24). The minimum Gasteiger partial charge on any atom is -0.370 e. The Morgan fingerprint density at radius 2 is 2.28 bits per heavy atom. The Bertz CT molecular complexity index is 746. The summed E-state index contributed by atoms with van der Waals surface area (Å²) < 4.78 is 21.5. The maximum Gasteiger partial charge on any atom is 0.322 e. The van der Waals surface area contributed by atoms with Gasteiger partial charge in [-0.15, -0.1) is 0 Å². The molecule has 7 heteroatoms. The van der Waals surface area contributed by atoms with Crippen LogP contribution >= 0.6 is 0 Å². The summed E-state index contributed by atoms with van der Waals surface area (Å²) in [5, 5.41) is 7.01. The van der Waals surface area contributed by atoms with Crippen LogP contribution in [0.25, 0.3) is 0 Å². The van der Waals surface area contributed by atoms with Crippen LogP contribution in [0.5, 0.6) is 0 Å². The Kier molecular flexibility index (Phi) is 5.33. The van der Waals surface area contributed by atoms with Gasteiger partial charge in [0.2, 0.25) is 0 Å². The molecule has 3 rings (SSSR count). The van der Waals surface area contributed by atoms with Crippen molar-refractivity contribution in [1.82, 2.24) is 14.7 Å². The summed E-state index contributed by atoms with van der Waals surface area (Å²) in [5.41, 5.74) is 2.05. The molecule has 2 amide bonds. The lowest BCUT2D eigenvalue weighted by Gasteiger charge is -2.32. The second-order valence-corrected chi connectivity index (χ2v) is 6.02. The predicted molar refractivity (Wildman–Crippen MR) is 93.0 cm³/mol. The zero-order valence-corrected chi connectivity index (χ0v) is 14.5. The van der Waals surface area contributed by atoms with Gasteiger partial charge in [0.1, 0.15) is 11.9 Å². The van der Waals surface area contributed by atoms with Crippen molar-refractivity contribution in [2.45, 2.75) is 32.9 Å². The smallest absolute Gasteiger partial charge is 0.322 e. The number of carbonyl (C=O) groups is 1. The number of morpholine rings is 1. The molecule has 1 saturated heterocycles. The molecule has 25 heavy (non-hydrogen) atoms. The molecule has 1 aromatic heterocycles. The lowest BCUT2D eigenvalue weighted by Crippen LogP contribution is -2.44. The van der Waals surface area contributed by atoms with Gasteiger partial charge in [0.05, 0.1) is 19.3 Å². The van der Waals surface area contributed by atoms with Gasteiger partial charge in [-0.3, -0.25) is 4.68 Å². The fraction of sp³-hybridized carbons (Fsp3) is 0.444. The number of anilines is 1. The number of hydrogen-bond acceptors (Lipinski definition) is 3. The topological polar surface area (TPSA) is 59.4 Å². The average molecular weight is 346 g/mol. The Morgan fingerprint density at radius 1 is 1.44 bits per heavy atom. The van der Waals surface area contributed by atoms with Crippen molar-refractivity contribution in [2.24, 2.45) is 0 Å². The van der Waals surface area contributed by atoms with Crippen LogP contribution in [-0.4, -0.2) is 40.4 Å². The Hall–Kier alpha value is -2.41. The zero-order valence-electron chi connectivity index (χ0n) is 14.5. The lowest BCUT2D eigenvalue weighted by molar-refractivity contribution is -0.0135. The minimum atomic E-state index is -0.299. The summed E-state index contributed by atoms with van der Waals surface area (Å²) in [5.74, 6) is -0.299. The average Bonchev–Trinajstić information content (AvgIpc) is 3.11. The van der Waals surface area contributed by atoms with E-state index in [1.54, 1.807) is 23.2 Å². The number of benzene rings is 1. The second-order valence-electron chi connectivity index (χ2n) is 6.02. The fourth-order valence-corrected chi connectivity index (χ4v) is 2.87. The number of urea groups is 1. The number of amides is 2. The lowest BCUT2D eigenvalue weighted by atomic mass is 10.1. The van der Waals surface area contributed by atoms with Crippen LogP contribution in [0.1, 0.15) is 31.1 Å². The molecule has 1 fully saturated rings. The predicted octanol–water partition coefficient (Wildman–Crippen LogP) is 3.21. The van der Waals surface area contributed by atoms with E-state index in [9.17, 15) is 9.18 Å². The number of carbonyl (C=O) groups excluding carboxylic acids is 1. The molecule has 6 nitrogen and oxygen atoms in total. The first kappa shape index (κ1) is 17.4. The SMILES string of the molecule is CCc1ccc(NC(=O)N2CCOC(c3cnn(CC)c3)C2)cc1F. The van der Waals surface area contributed by atoms with Crippen LogP contribution in [0, 0.1) is 5.82 Å². The number of halogens is 1. The van der Waals surface area contributed by atoms with Gasteiger partial charge in [0, 0.05) is 30.5 Å². The summed E-state index contributed by atoms with van der Waals surface area (Å²) in [4.78, 5) is 14.2. The maximum absolute atomic E-state index is 13.9. The summed E-state index contributed by atoms with van der Waals surface area (Å²) >= 11 is 0. The number of aryl methyl sites for hydroxylation is 2. The molecule has 0 aliphatic carbocycles. The molecule has 0 bridgehead atoms. The van der Waals surface area contributed by atoms with Crippen molar-refractivity contribution in [2.75, 3.05) is 25.0 Å². The maximum atomic E-state index is 13.9. The first-order valence-corrected chi connectivity index (χ1v) is 8.59. The highest BCUT2D eigenvalue weighted by Crippen LogP contribution is 2.23. The van der Waals surface area contributed by atoms with E-state index in [0.29, 0.717) is 37.4 Å². The third-order valence-corrected chi connectivity index (χ3v) is 4.39. The molecule has 1 unspecified atom stereocenters. The van der Waals surface area contributed by atoms with Crippen molar-refractivity contribution in [3.8, 4) is 0 Å². The van der Waals surface area contributed by atoms with Crippen LogP contribution < -0.4 is 5.32 Å². The quantitative estimate of drug-likeness (QED) is 0.925. The third-order valence-electron chi connectivity index (χ3n) is 4.39. The van der Waals surface area contributed by atoms with Gasteiger partial charge in [-0.2, -0.15) is 5.10 Å². The molecule has 2 aromatic rings. The molecule has 0 saturated carbocycles. The second kappa shape index (κ2) is 7.65. The van der Waals surface area contributed by atoms with Gasteiger partial charge in [-0.05, 0) is 31.0 Å². The zero-order chi connectivity index (χ0) is 17.8.